The summed E-state index contributed by atoms with van der Waals surface area (Å²) in [6.07, 6.45) is 1.07. The fourth-order valence-corrected chi connectivity index (χ4v) is 2.02. The average Bonchev–Trinajstić information content (AvgIpc) is 2.39. The average molecular weight is 279 g/mol. The van der Waals surface area contributed by atoms with Crippen LogP contribution in [0.2, 0.25) is 0 Å². The number of rotatable bonds is 8. The summed E-state index contributed by atoms with van der Waals surface area (Å²) in [4.78, 5) is 11.8. The smallest absolute Gasteiger partial charge is 0.223 e. The largest absolute Gasteiger partial charge is 0.493 e. The molecular formula is C16H25NO3. The number of hydrogen-bond donors (Lipinski definition) is 2. The Labute approximate surface area is 121 Å². The number of ether oxygens (including phenoxy) is 1. The van der Waals surface area contributed by atoms with Gasteiger partial charge in [0.25, 0.3) is 0 Å². The second-order valence-electron chi connectivity index (χ2n) is 5.44. The predicted octanol–water partition coefficient (Wildman–Crippen LogP) is 2.29. The van der Waals surface area contributed by atoms with Gasteiger partial charge in [-0.05, 0) is 30.9 Å². The van der Waals surface area contributed by atoms with Crippen LogP contribution in [0.4, 0.5) is 0 Å². The van der Waals surface area contributed by atoms with Crippen molar-refractivity contribution < 1.29 is 14.6 Å². The van der Waals surface area contributed by atoms with Gasteiger partial charge >= 0.3 is 0 Å². The standard InChI is InChI=1S/C16H25NO3/c1-12(2)10-14(11-18)17-16(19)8-9-20-15-7-5-4-6-13(15)3/h4-7,12,14,18H,8-11H2,1-3H3,(H,17,19). The molecule has 0 spiro atoms. The number of benzene rings is 1. The molecule has 1 unspecified atom stereocenters. The number of para-hydroxylation sites is 1. The van der Waals surface area contributed by atoms with Crippen LogP contribution in [-0.2, 0) is 4.79 Å². The second kappa shape index (κ2) is 8.59. The summed E-state index contributed by atoms with van der Waals surface area (Å²) in [6.45, 7) is 6.42. The van der Waals surface area contributed by atoms with Crippen molar-refractivity contribution in [3.8, 4) is 5.75 Å². The van der Waals surface area contributed by atoms with Crippen LogP contribution in [0.25, 0.3) is 0 Å². The monoisotopic (exact) mass is 279 g/mol. The number of carbonyl (C=O) groups excluding carboxylic acids is 1. The number of carbonyl (C=O) groups is 1. The molecule has 4 nitrogen and oxygen atoms in total. The molecule has 1 aromatic carbocycles. The van der Waals surface area contributed by atoms with Crippen molar-refractivity contribution in [3.63, 3.8) is 0 Å². The van der Waals surface area contributed by atoms with E-state index in [9.17, 15) is 9.90 Å². The van der Waals surface area contributed by atoms with Gasteiger partial charge in [-0.1, -0.05) is 32.0 Å². The third-order valence-electron chi connectivity index (χ3n) is 3.02. The quantitative estimate of drug-likeness (QED) is 0.767. The molecule has 1 aromatic rings. The fourth-order valence-electron chi connectivity index (χ4n) is 2.02. The minimum absolute atomic E-state index is 0.0252. The number of aliphatic hydroxyl groups is 1. The first-order valence-electron chi connectivity index (χ1n) is 7.11. The lowest BCUT2D eigenvalue weighted by Gasteiger charge is -2.18. The van der Waals surface area contributed by atoms with Gasteiger partial charge in [-0.2, -0.15) is 0 Å². The van der Waals surface area contributed by atoms with Crippen molar-refractivity contribution in [1.29, 1.82) is 0 Å². The number of hydrogen-bond acceptors (Lipinski definition) is 3. The van der Waals surface area contributed by atoms with Crippen LogP contribution in [0.15, 0.2) is 24.3 Å². The van der Waals surface area contributed by atoms with Gasteiger partial charge in [0.2, 0.25) is 5.91 Å². The maximum Gasteiger partial charge on any atom is 0.223 e. The molecular weight excluding hydrogens is 254 g/mol. The van der Waals surface area contributed by atoms with Crippen molar-refractivity contribution in [3.05, 3.63) is 29.8 Å². The van der Waals surface area contributed by atoms with Gasteiger partial charge < -0.3 is 15.2 Å². The molecule has 0 saturated heterocycles. The molecule has 0 saturated carbocycles. The second-order valence-corrected chi connectivity index (χ2v) is 5.44. The minimum Gasteiger partial charge on any atom is -0.493 e. The van der Waals surface area contributed by atoms with E-state index in [2.05, 4.69) is 19.2 Å². The first-order chi connectivity index (χ1) is 9.52. The highest BCUT2D eigenvalue weighted by molar-refractivity contribution is 5.76. The molecule has 2 N–H and O–H groups in total. The highest BCUT2D eigenvalue weighted by Gasteiger charge is 2.13. The lowest BCUT2D eigenvalue weighted by Crippen LogP contribution is -2.38. The zero-order valence-corrected chi connectivity index (χ0v) is 12.6. The molecule has 0 aliphatic carbocycles. The summed E-state index contributed by atoms with van der Waals surface area (Å²) in [5, 5.41) is 12.0. The first kappa shape index (κ1) is 16.5. The molecule has 4 heteroatoms. The Morgan fingerprint density at radius 3 is 2.65 bits per heavy atom. The van der Waals surface area contributed by atoms with E-state index in [4.69, 9.17) is 4.74 Å². The number of aryl methyl sites for hydroxylation is 1. The first-order valence-corrected chi connectivity index (χ1v) is 7.11. The van der Waals surface area contributed by atoms with Crippen LogP contribution in [0.1, 0.15) is 32.3 Å². The van der Waals surface area contributed by atoms with E-state index in [1.54, 1.807) is 0 Å². The van der Waals surface area contributed by atoms with E-state index < -0.39 is 0 Å². The number of aliphatic hydroxyl groups excluding tert-OH is 1. The summed E-state index contributed by atoms with van der Waals surface area (Å²) >= 11 is 0. The Kier molecular flexibility index (Phi) is 7.09. The molecule has 0 aliphatic rings. The number of nitrogens with one attached hydrogen (secondary N) is 1. The Morgan fingerprint density at radius 1 is 1.35 bits per heavy atom. The molecule has 0 bridgehead atoms. The molecule has 0 radical (unpaired) electrons. The highest BCUT2D eigenvalue weighted by atomic mass is 16.5. The molecule has 1 atom stereocenters. The van der Waals surface area contributed by atoms with Crippen molar-refractivity contribution in [2.24, 2.45) is 5.92 Å². The molecule has 0 aliphatic heterocycles. The summed E-state index contributed by atoms with van der Waals surface area (Å²) in [5.41, 5.74) is 1.06. The van der Waals surface area contributed by atoms with Crippen molar-refractivity contribution in [1.82, 2.24) is 5.32 Å². The van der Waals surface area contributed by atoms with E-state index >= 15 is 0 Å². The Morgan fingerprint density at radius 2 is 2.05 bits per heavy atom. The van der Waals surface area contributed by atoms with Crippen LogP contribution in [0.5, 0.6) is 5.75 Å². The van der Waals surface area contributed by atoms with Gasteiger partial charge in [0.05, 0.1) is 25.7 Å². The van der Waals surface area contributed by atoms with Crippen LogP contribution in [0, 0.1) is 12.8 Å². The van der Waals surface area contributed by atoms with Crippen molar-refractivity contribution >= 4 is 5.91 Å². The van der Waals surface area contributed by atoms with Gasteiger partial charge in [0.1, 0.15) is 5.75 Å². The fraction of sp³-hybridized carbons (Fsp3) is 0.562. The molecule has 112 valence electrons. The van der Waals surface area contributed by atoms with E-state index in [0.29, 0.717) is 18.9 Å². The topological polar surface area (TPSA) is 58.6 Å². The van der Waals surface area contributed by atoms with E-state index in [1.165, 1.54) is 0 Å². The van der Waals surface area contributed by atoms with Gasteiger partial charge in [-0.25, -0.2) is 0 Å². The van der Waals surface area contributed by atoms with E-state index in [0.717, 1.165) is 17.7 Å². The van der Waals surface area contributed by atoms with Gasteiger partial charge in [-0.15, -0.1) is 0 Å². The van der Waals surface area contributed by atoms with E-state index in [-0.39, 0.29) is 18.6 Å². The number of amides is 1. The molecule has 20 heavy (non-hydrogen) atoms. The Hall–Kier alpha value is -1.55. The van der Waals surface area contributed by atoms with Crippen LogP contribution >= 0.6 is 0 Å². The summed E-state index contributed by atoms with van der Waals surface area (Å²) in [7, 11) is 0. The maximum absolute atomic E-state index is 11.8. The third kappa shape index (κ3) is 6.06. The normalized spacial score (nSPS) is 12.2. The predicted molar refractivity (Wildman–Crippen MR) is 79.8 cm³/mol. The Balaban J connectivity index is 2.31. The lowest BCUT2D eigenvalue weighted by molar-refractivity contribution is -0.122. The third-order valence-corrected chi connectivity index (χ3v) is 3.02. The summed E-state index contributed by atoms with van der Waals surface area (Å²) in [6, 6.07) is 7.56. The zero-order chi connectivity index (χ0) is 15.0. The van der Waals surface area contributed by atoms with Crippen molar-refractivity contribution in [2.45, 2.75) is 39.7 Å². The molecule has 1 amide bonds. The molecule has 1 rings (SSSR count). The summed E-state index contributed by atoms with van der Waals surface area (Å²) in [5.74, 6) is 1.16. The highest BCUT2D eigenvalue weighted by Crippen LogP contribution is 2.16. The van der Waals surface area contributed by atoms with Gasteiger partial charge in [0, 0.05) is 0 Å². The minimum atomic E-state index is -0.166. The maximum atomic E-state index is 11.8. The van der Waals surface area contributed by atoms with Crippen LogP contribution in [-0.4, -0.2) is 30.3 Å². The van der Waals surface area contributed by atoms with Crippen molar-refractivity contribution in [2.75, 3.05) is 13.2 Å². The Bertz CT molecular complexity index is 418. The molecule has 0 heterocycles. The molecule has 0 aromatic heterocycles. The van der Waals surface area contributed by atoms with Crippen LogP contribution in [0.3, 0.4) is 0 Å². The lowest BCUT2D eigenvalue weighted by atomic mass is 10.0. The van der Waals surface area contributed by atoms with Gasteiger partial charge in [-0.3, -0.25) is 4.79 Å². The SMILES string of the molecule is Cc1ccccc1OCCC(=O)NC(CO)CC(C)C. The van der Waals surface area contributed by atoms with Gasteiger partial charge in [0.15, 0.2) is 0 Å². The van der Waals surface area contributed by atoms with Crippen LogP contribution < -0.4 is 10.1 Å². The molecule has 0 fully saturated rings. The van der Waals surface area contributed by atoms with E-state index in [1.807, 2.05) is 31.2 Å². The zero-order valence-electron chi connectivity index (χ0n) is 12.6. The summed E-state index contributed by atoms with van der Waals surface area (Å²) < 4.78 is 5.58.